The third-order valence-corrected chi connectivity index (χ3v) is 3.92. The van der Waals surface area contributed by atoms with Crippen LogP contribution < -0.4 is 10.5 Å². The molecule has 31 heavy (non-hydrogen) atoms. The molecule has 0 aliphatic carbocycles. The van der Waals surface area contributed by atoms with Crippen LogP contribution >= 0.6 is 0 Å². The molecular formula is C22H24F3NO5. The molecule has 4 N–H and O–H groups in total. The predicted octanol–water partition coefficient (Wildman–Crippen LogP) is 4.67. The van der Waals surface area contributed by atoms with Crippen LogP contribution in [-0.2, 0) is 15.8 Å². The van der Waals surface area contributed by atoms with E-state index in [-0.39, 0.29) is 6.10 Å². The minimum atomic E-state index is -4.33. The highest BCUT2D eigenvalue weighted by molar-refractivity contribution is 5.89. The molecule has 0 heterocycles. The Morgan fingerprint density at radius 1 is 0.935 bits per heavy atom. The summed E-state index contributed by atoms with van der Waals surface area (Å²) in [5.74, 6) is -2.08. The second kappa shape index (κ2) is 13.1. The number of alkyl halides is 3. The van der Waals surface area contributed by atoms with Crippen LogP contribution in [0.3, 0.4) is 0 Å². The Balaban J connectivity index is 0.000000512. The van der Waals surface area contributed by atoms with Crippen molar-refractivity contribution in [2.24, 2.45) is 5.73 Å². The van der Waals surface area contributed by atoms with Crippen molar-refractivity contribution in [1.29, 1.82) is 0 Å². The van der Waals surface area contributed by atoms with Crippen molar-refractivity contribution in [1.82, 2.24) is 0 Å². The SMILES string of the molecule is NCCCC[C@H](Oc1ccc(C(F)(F)F)cc1)c1ccccc1.O=C(O)/C=C/C(=O)O. The van der Waals surface area contributed by atoms with Crippen LogP contribution in [0.15, 0.2) is 66.7 Å². The van der Waals surface area contributed by atoms with Gasteiger partial charge in [-0.3, -0.25) is 0 Å². The van der Waals surface area contributed by atoms with E-state index in [1.807, 2.05) is 30.3 Å². The Hall–Kier alpha value is -3.33. The zero-order chi connectivity index (χ0) is 23.3. The summed E-state index contributed by atoms with van der Waals surface area (Å²) >= 11 is 0. The Morgan fingerprint density at radius 3 is 1.94 bits per heavy atom. The van der Waals surface area contributed by atoms with Crippen LogP contribution in [0.5, 0.6) is 5.75 Å². The summed E-state index contributed by atoms with van der Waals surface area (Å²) in [6, 6.07) is 14.5. The fraction of sp³-hybridized carbons (Fsp3) is 0.273. The molecule has 0 aliphatic rings. The van der Waals surface area contributed by atoms with Gasteiger partial charge in [-0.1, -0.05) is 30.3 Å². The van der Waals surface area contributed by atoms with Gasteiger partial charge < -0.3 is 20.7 Å². The highest BCUT2D eigenvalue weighted by Gasteiger charge is 2.30. The van der Waals surface area contributed by atoms with Gasteiger partial charge in [-0.15, -0.1) is 0 Å². The highest BCUT2D eigenvalue weighted by Crippen LogP contribution is 2.32. The number of ether oxygens (including phenoxy) is 1. The van der Waals surface area contributed by atoms with Gasteiger partial charge in [0, 0.05) is 12.2 Å². The van der Waals surface area contributed by atoms with Crippen LogP contribution in [0, 0.1) is 0 Å². The molecule has 2 aromatic rings. The quantitative estimate of drug-likeness (QED) is 0.387. The molecule has 0 saturated carbocycles. The van der Waals surface area contributed by atoms with Crippen molar-refractivity contribution in [2.75, 3.05) is 6.54 Å². The number of carbonyl (C=O) groups is 2. The van der Waals surface area contributed by atoms with Crippen LogP contribution in [0.25, 0.3) is 0 Å². The van der Waals surface area contributed by atoms with Gasteiger partial charge in [-0.2, -0.15) is 13.2 Å². The first-order chi connectivity index (χ1) is 14.6. The Bertz CT molecular complexity index is 820. The van der Waals surface area contributed by atoms with E-state index >= 15 is 0 Å². The maximum absolute atomic E-state index is 12.6. The number of benzene rings is 2. The lowest BCUT2D eigenvalue weighted by atomic mass is 10.0. The van der Waals surface area contributed by atoms with Crippen molar-refractivity contribution in [3.63, 3.8) is 0 Å². The fourth-order valence-corrected chi connectivity index (χ4v) is 2.46. The molecule has 9 heteroatoms. The van der Waals surface area contributed by atoms with E-state index in [4.69, 9.17) is 20.7 Å². The topological polar surface area (TPSA) is 110 Å². The zero-order valence-corrected chi connectivity index (χ0v) is 16.6. The molecule has 0 fully saturated rings. The van der Waals surface area contributed by atoms with Gasteiger partial charge in [0.05, 0.1) is 5.56 Å². The number of rotatable bonds is 9. The molecule has 0 amide bonds. The summed E-state index contributed by atoms with van der Waals surface area (Å²) in [5.41, 5.74) is 5.84. The number of aliphatic carboxylic acids is 2. The molecule has 0 unspecified atom stereocenters. The van der Waals surface area contributed by atoms with Gasteiger partial charge in [-0.05, 0) is 55.6 Å². The summed E-state index contributed by atoms with van der Waals surface area (Å²) in [4.78, 5) is 19.1. The van der Waals surface area contributed by atoms with Gasteiger partial charge in [0.1, 0.15) is 11.9 Å². The van der Waals surface area contributed by atoms with Crippen LogP contribution in [0.2, 0.25) is 0 Å². The van der Waals surface area contributed by atoms with Gasteiger partial charge in [0.25, 0.3) is 0 Å². The second-order valence-electron chi connectivity index (χ2n) is 6.33. The standard InChI is InChI=1S/C18H20F3NO.C4H4O4/c19-18(20,21)15-9-11-16(12-10-15)23-17(8-4-5-13-22)14-6-2-1-3-7-14;5-3(6)1-2-4(7)8/h1-3,6-7,9-12,17H,4-5,8,13,22H2;1-2H,(H,5,6)(H,7,8)/b;2-1+/t17-;/m0./s1. The van der Waals surface area contributed by atoms with E-state index in [0.29, 0.717) is 24.4 Å². The van der Waals surface area contributed by atoms with Gasteiger partial charge in [0.2, 0.25) is 0 Å². The molecule has 0 saturated heterocycles. The van der Waals surface area contributed by atoms with E-state index in [9.17, 15) is 22.8 Å². The molecule has 0 aliphatic heterocycles. The molecule has 1 atom stereocenters. The summed E-state index contributed by atoms with van der Waals surface area (Å²) in [6.45, 7) is 0.613. The average Bonchev–Trinajstić information content (AvgIpc) is 2.72. The number of unbranched alkanes of at least 4 members (excludes halogenated alkanes) is 1. The van der Waals surface area contributed by atoms with E-state index in [1.165, 1.54) is 12.1 Å². The van der Waals surface area contributed by atoms with Gasteiger partial charge in [0.15, 0.2) is 0 Å². The van der Waals surface area contributed by atoms with Crippen LogP contribution in [-0.4, -0.2) is 28.7 Å². The Kier molecular flexibility index (Phi) is 10.8. The molecule has 0 aromatic heterocycles. The van der Waals surface area contributed by atoms with E-state index in [2.05, 4.69) is 0 Å². The first kappa shape index (κ1) is 25.7. The molecule has 2 aromatic carbocycles. The lowest BCUT2D eigenvalue weighted by Gasteiger charge is -2.20. The second-order valence-corrected chi connectivity index (χ2v) is 6.33. The van der Waals surface area contributed by atoms with Crippen molar-refractivity contribution in [3.8, 4) is 5.75 Å². The number of halogens is 3. The lowest BCUT2D eigenvalue weighted by Crippen LogP contribution is -2.09. The largest absolute Gasteiger partial charge is 0.486 e. The van der Waals surface area contributed by atoms with Crippen LogP contribution in [0.4, 0.5) is 13.2 Å². The highest BCUT2D eigenvalue weighted by atomic mass is 19.4. The minimum absolute atomic E-state index is 0.195. The van der Waals surface area contributed by atoms with Gasteiger partial charge in [-0.25, -0.2) is 9.59 Å². The first-order valence-corrected chi connectivity index (χ1v) is 9.36. The maximum atomic E-state index is 12.6. The molecule has 0 bridgehead atoms. The smallest absolute Gasteiger partial charge is 0.416 e. The normalized spacial score (nSPS) is 12.0. The summed E-state index contributed by atoms with van der Waals surface area (Å²) in [6.07, 6.45) is -0.860. The molecule has 0 radical (unpaired) electrons. The van der Waals surface area contributed by atoms with Crippen molar-refractivity contribution < 1.29 is 37.7 Å². The molecule has 2 rings (SSSR count). The third kappa shape index (κ3) is 10.9. The molecule has 6 nitrogen and oxygen atoms in total. The number of carboxylic acid groups (broad SMARTS) is 2. The number of hydrogen-bond acceptors (Lipinski definition) is 4. The fourth-order valence-electron chi connectivity index (χ4n) is 2.46. The lowest BCUT2D eigenvalue weighted by molar-refractivity contribution is -0.137. The first-order valence-electron chi connectivity index (χ1n) is 9.36. The summed E-state index contributed by atoms with van der Waals surface area (Å²) in [5, 5.41) is 15.6. The zero-order valence-electron chi connectivity index (χ0n) is 16.6. The maximum Gasteiger partial charge on any atom is 0.416 e. The average molecular weight is 439 g/mol. The third-order valence-electron chi connectivity index (χ3n) is 3.92. The van der Waals surface area contributed by atoms with Crippen molar-refractivity contribution in [2.45, 2.75) is 31.5 Å². The Labute approximate surface area is 177 Å². The summed E-state index contributed by atoms with van der Waals surface area (Å²) in [7, 11) is 0. The predicted molar refractivity (Wildman–Crippen MR) is 109 cm³/mol. The Morgan fingerprint density at radius 2 is 1.48 bits per heavy atom. The number of nitrogens with two attached hydrogens (primary N) is 1. The molecular weight excluding hydrogens is 415 g/mol. The monoisotopic (exact) mass is 439 g/mol. The van der Waals surface area contributed by atoms with Crippen molar-refractivity contribution in [3.05, 3.63) is 77.9 Å². The molecule has 0 spiro atoms. The summed E-state index contributed by atoms with van der Waals surface area (Å²) < 4.78 is 43.7. The number of carboxylic acids is 2. The van der Waals surface area contributed by atoms with Gasteiger partial charge >= 0.3 is 18.1 Å². The number of hydrogen-bond donors (Lipinski definition) is 3. The van der Waals surface area contributed by atoms with Crippen molar-refractivity contribution >= 4 is 11.9 Å². The minimum Gasteiger partial charge on any atom is -0.486 e. The van der Waals surface area contributed by atoms with E-state index < -0.39 is 23.7 Å². The molecule has 168 valence electrons. The van der Waals surface area contributed by atoms with Crippen LogP contribution in [0.1, 0.15) is 36.5 Å². The van der Waals surface area contributed by atoms with E-state index in [0.717, 1.165) is 37.0 Å². The van der Waals surface area contributed by atoms with E-state index in [1.54, 1.807) is 0 Å².